The van der Waals surface area contributed by atoms with E-state index in [4.69, 9.17) is 0 Å². The van der Waals surface area contributed by atoms with Gasteiger partial charge in [-0.3, -0.25) is 0 Å². The average Bonchev–Trinajstić information content (AvgIpc) is 2.04. The fourth-order valence-electron chi connectivity index (χ4n) is 2.07. The van der Waals surface area contributed by atoms with Gasteiger partial charge in [0.25, 0.3) is 0 Å². The van der Waals surface area contributed by atoms with Crippen LogP contribution in [0.4, 0.5) is 0 Å². The summed E-state index contributed by atoms with van der Waals surface area (Å²) in [6.07, 6.45) is 1.20. The molecular formula is C10H22N2. The molecule has 1 saturated heterocycles. The van der Waals surface area contributed by atoms with Gasteiger partial charge >= 0.3 is 0 Å². The lowest BCUT2D eigenvalue weighted by Gasteiger charge is -2.48. The van der Waals surface area contributed by atoms with Crippen molar-refractivity contribution < 1.29 is 0 Å². The fraction of sp³-hybridized carbons (Fsp3) is 1.00. The predicted molar refractivity (Wildman–Crippen MR) is 53.3 cm³/mol. The molecular weight excluding hydrogens is 148 g/mol. The molecule has 1 aliphatic rings. The van der Waals surface area contributed by atoms with Crippen LogP contribution in [0.25, 0.3) is 0 Å². The van der Waals surface area contributed by atoms with Gasteiger partial charge in [-0.2, -0.15) is 0 Å². The number of piperazine rings is 1. The summed E-state index contributed by atoms with van der Waals surface area (Å²) in [6, 6.07) is 0. The maximum absolute atomic E-state index is 3.66. The van der Waals surface area contributed by atoms with Crippen LogP contribution in [0.15, 0.2) is 0 Å². The zero-order valence-electron chi connectivity index (χ0n) is 8.83. The fourth-order valence-corrected chi connectivity index (χ4v) is 2.07. The highest BCUT2D eigenvalue weighted by Gasteiger charge is 2.40. The average molecular weight is 170 g/mol. The van der Waals surface area contributed by atoms with E-state index in [-0.39, 0.29) is 0 Å². The van der Waals surface area contributed by atoms with Crippen LogP contribution in [0.3, 0.4) is 0 Å². The zero-order chi connectivity index (χ0) is 9.24. The number of rotatable bonds is 1. The third-order valence-corrected chi connectivity index (χ3v) is 3.23. The maximum Gasteiger partial charge on any atom is 0.0352 e. The van der Waals surface area contributed by atoms with Crippen LogP contribution in [0.5, 0.6) is 0 Å². The summed E-state index contributed by atoms with van der Waals surface area (Å²) in [5.74, 6) is 0. The maximum atomic E-state index is 3.66. The van der Waals surface area contributed by atoms with Gasteiger partial charge in [0.2, 0.25) is 0 Å². The highest BCUT2D eigenvalue weighted by atomic mass is 15.1. The molecule has 12 heavy (non-hydrogen) atoms. The molecule has 2 heteroatoms. The van der Waals surface area contributed by atoms with E-state index < -0.39 is 0 Å². The molecule has 1 unspecified atom stereocenters. The molecule has 2 N–H and O–H groups in total. The minimum Gasteiger partial charge on any atom is -0.314 e. The second-order valence-electron chi connectivity index (χ2n) is 4.79. The van der Waals surface area contributed by atoms with Crippen molar-refractivity contribution >= 4 is 0 Å². The molecule has 1 fully saturated rings. The molecule has 0 aromatic rings. The van der Waals surface area contributed by atoms with Gasteiger partial charge in [-0.15, -0.1) is 0 Å². The Morgan fingerprint density at radius 3 is 2.17 bits per heavy atom. The largest absolute Gasteiger partial charge is 0.314 e. The third kappa shape index (κ3) is 1.64. The number of nitrogens with one attached hydrogen (secondary N) is 2. The second-order valence-corrected chi connectivity index (χ2v) is 4.79. The van der Waals surface area contributed by atoms with Gasteiger partial charge in [0.05, 0.1) is 0 Å². The van der Waals surface area contributed by atoms with E-state index in [9.17, 15) is 0 Å². The molecule has 0 aromatic heterocycles. The third-order valence-electron chi connectivity index (χ3n) is 3.23. The first-order valence-electron chi connectivity index (χ1n) is 4.97. The molecule has 0 aliphatic carbocycles. The number of hydrogen-bond donors (Lipinski definition) is 2. The van der Waals surface area contributed by atoms with E-state index in [0.717, 1.165) is 19.6 Å². The first-order chi connectivity index (χ1) is 5.52. The monoisotopic (exact) mass is 170 g/mol. The summed E-state index contributed by atoms with van der Waals surface area (Å²) >= 11 is 0. The van der Waals surface area contributed by atoms with Gasteiger partial charge in [0.15, 0.2) is 0 Å². The minimum absolute atomic E-state index is 0.297. The van der Waals surface area contributed by atoms with Gasteiger partial charge in [0.1, 0.15) is 0 Å². The van der Waals surface area contributed by atoms with Crippen molar-refractivity contribution in [2.75, 3.05) is 19.6 Å². The van der Waals surface area contributed by atoms with Crippen molar-refractivity contribution in [3.63, 3.8) is 0 Å². The van der Waals surface area contributed by atoms with E-state index in [2.05, 4.69) is 38.3 Å². The highest BCUT2D eigenvalue weighted by molar-refractivity contribution is 5.00. The quantitative estimate of drug-likeness (QED) is 0.621. The van der Waals surface area contributed by atoms with Crippen LogP contribution in [0.1, 0.15) is 34.1 Å². The molecule has 1 heterocycles. The summed E-state index contributed by atoms with van der Waals surface area (Å²) in [5, 5.41) is 7.13. The topological polar surface area (TPSA) is 24.1 Å². The second kappa shape index (κ2) is 3.35. The molecule has 72 valence electrons. The minimum atomic E-state index is 0.297. The van der Waals surface area contributed by atoms with Crippen molar-refractivity contribution in [3.8, 4) is 0 Å². The van der Waals surface area contributed by atoms with Crippen LogP contribution in [-0.4, -0.2) is 25.2 Å². The molecule has 0 saturated carbocycles. The van der Waals surface area contributed by atoms with Gasteiger partial charge in [-0.05, 0) is 11.8 Å². The Bertz CT molecular complexity index is 140. The van der Waals surface area contributed by atoms with Crippen molar-refractivity contribution in [2.24, 2.45) is 5.41 Å². The van der Waals surface area contributed by atoms with Crippen molar-refractivity contribution in [2.45, 2.75) is 39.7 Å². The molecule has 0 spiro atoms. The Morgan fingerprint density at radius 2 is 1.92 bits per heavy atom. The lowest BCUT2D eigenvalue weighted by molar-refractivity contribution is 0.110. The molecule has 1 aliphatic heterocycles. The van der Waals surface area contributed by atoms with E-state index >= 15 is 0 Å². The SMILES string of the molecule is CCC1(C(C)(C)C)CNCCN1. The molecule has 0 bridgehead atoms. The summed E-state index contributed by atoms with van der Waals surface area (Å²) in [7, 11) is 0. The highest BCUT2D eigenvalue weighted by Crippen LogP contribution is 2.33. The van der Waals surface area contributed by atoms with Crippen LogP contribution in [-0.2, 0) is 0 Å². The van der Waals surface area contributed by atoms with Gasteiger partial charge in [-0.1, -0.05) is 27.7 Å². The predicted octanol–water partition coefficient (Wildman–Crippen LogP) is 1.37. The molecule has 0 amide bonds. The lowest BCUT2D eigenvalue weighted by atomic mass is 9.71. The molecule has 2 nitrogen and oxygen atoms in total. The van der Waals surface area contributed by atoms with Crippen molar-refractivity contribution in [1.82, 2.24) is 10.6 Å². The van der Waals surface area contributed by atoms with Crippen LogP contribution < -0.4 is 10.6 Å². The smallest absolute Gasteiger partial charge is 0.0352 e. The van der Waals surface area contributed by atoms with Crippen molar-refractivity contribution in [1.29, 1.82) is 0 Å². The van der Waals surface area contributed by atoms with Crippen molar-refractivity contribution in [3.05, 3.63) is 0 Å². The van der Waals surface area contributed by atoms with Gasteiger partial charge in [-0.25, -0.2) is 0 Å². The Kier molecular flexibility index (Phi) is 2.79. The zero-order valence-corrected chi connectivity index (χ0v) is 8.83. The molecule has 0 aromatic carbocycles. The van der Waals surface area contributed by atoms with E-state index in [0.29, 0.717) is 11.0 Å². The lowest BCUT2D eigenvalue weighted by Crippen LogP contribution is -2.65. The summed E-state index contributed by atoms with van der Waals surface area (Å²) < 4.78 is 0. The Morgan fingerprint density at radius 1 is 1.25 bits per heavy atom. The number of hydrogen-bond acceptors (Lipinski definition) is 2. The van der Waals surface area contributed by atoms with E-state index in [1.165, 1.54) is 6.42 Å². The standard InChI is InChI=1S/C10H22N2/c1-5-10(9(2,3)4)8-11-6-7-12-10/h11-12H,5-8H2,1-4H3. The Hall–Kier alpha value is -0.0800. The van der Waals surface area contributed by atoms with Crippen LogP contribution in [0, 0.1) is 5.41 Å². The molecule has 1 rings (SSSR count). The van der Waals surface area contributed by atoms with Crippen LogP contribution >= 0.6 is 0 Å². The summed E-state index contributed by atoms with van der Waals surface area (Å²) in [4.78, 5) is 0. The first kappa shape index (κ1) is 10.0. The van der Waals surface area contributed by atoms with Gasteiger partial charge < -0.3 is 10.6 Å². The summed E-state index contributed by atoms with van der Waals surface area (Å²) in [6.45, 7) is 12.5. The van der Waals surface area contributed by atoms with Crippen LogP contribution in [0.2, 0.25) is 0 Å². The summed E-state index contributed by atoms with van der Waals surface area (Å²) in [5.41, 5.74) is 0.639. The normalized spacial score (nSPS) is 32.0. The van der Waals surface area contributed by atoms with Gasteiger partial charge in [0, 0.05) is 25.2 Å². The molecule has 1 atom stereocenters. The molecule has 0 radical (unpaired) electrons. The van der Waals surface area contributed by atoms with E-state index in [1.807, 2.05) is 0 Å². The Labute approximate surface area is 76.1 Å². The first-order valence-corrected chi connectivity index (χ1v) is 4.97. The van der Waals surface area contributed by atoms with E-state index in [1.54, 1.807) is 0 Å². The Balaban J connectivity index is 2.73.